The minimum absolute atomic E-state index is 0.0478. The number of allylic oxidation sites excluding steroid dienone is 1. The molecule has 0 spiro atoms. The van der Waals surface area contributed by atoms with Crippen LogP contribution in [0.25, 0.3) is 5.57 Å². The van der Waals surface area contributed by atoms with Gasteiger partial charge in [0.25, 0.3) is 0 Å². The Morgan fingerprint density at radius 3 is 1.93 bits per heavy atom. The fourth-order valence-corrected chi connectivity index (χ4v) is 3.52. The molecule has 0 amide bonds. The van der Waals surface area contributed by atoms with E-state index in [-0.39, 0.29) is 6.42 Å². The van der Waals surface area contributed by atoms with Crippen molar-refractivity contribution in [1.82, 2.24) is 0 Å². The van der Waals surface area contributed by atoms with Gasteiger partial charge in [-0.25, -0.2) is 4.79 Å². The zero-order valence-electron chi connectivity index (χ0n) is 16.3. The molecule has 3 aromatic carbocycles. The van der Waals surface area contributed by atoms with Crippen molar-refractivity contribution in [2.75, 3.05) is 7.11 Å². The second kappa shape index (κ2) is 10.2. The molecule has 0 bridgehead atoms. The quantitative estimate of drug-likeness (QED) is 0.319. The van der Waals surface area contributed by atoms with Gasteiger partial charge in [-0.3, -0.25) is 4.79 Å². The molecule has 0 aliphatic carbocycles. The van der Waals surface area contributed by atoms with Crippen LogP contribution in [0.4, 0.5) is 0 Å². The summed E-state index contributed by atoms with van der Waals surface area (Å²) in [6, 6.07) is 25.0. The number of ketones is 1. The molecule has 152 valence electrons. The maximum absolute atomic E-state index is 12.4. The average Bonchev–Trinajstić information content (AvgIpc) is 2.79. The molecule has 3 nitrogen and oxygen atoms in total. The number of benzene rings is 3. The van der Waals surface area contributed by atoms with Crippen molar-refractivity contribution in [3.05, 3.63) is 112 Å². The maximum atomic E-state index is 12.4. The third-order valence-electron chi connectivity index (χ3n) is 4.73. The van der Waals surface area contributed by atoms with E-state index in [1.807, 2.05) is 72.8 Å². The highest BCUT2D eigenvalue weighted by atomic mass is 35.5. The highest BCUT2D eigenvalue weighted by Gasteiger charge is 2.22. The Morgan fingerprint density at radius 1 is 0.867 bits per heavy atom. The van der Waals surface area contributed by atoms with Gasteiger partial charge < -0.3 is 4.74 Å². The number of methoxy groups -OCH3 is 1. The first kappa shape index (κ1) is 21.8. The highest BCUT2D eigenvalue weighted by Crippen LogP contribution is 2.33. The molecule has 0 aliphatic rings. The fourth-order valence-electron chi connectivity index (χ4n) is 3.21. The molecular weight excluding hydrogens is 419 g/mol. The van der Waals surface area contributed by atoms with Gasteiger partial charge in [-0.15, -0.1) is 0 Å². The Hall–Kier alpha value is -2.88. The molecule has 0 aliphatic heterocycles. The zero-order valence-corrected chi connectivity index (χ0v) is 17.9. The van der Waals surface area contributed by atoms with E-state index in [0.29, 0.717) is 10.0 Å². The van der Waals surface area contributed by atoms with Crippen LogP contribution in [0.2, 0.25) is 10.0 Å². The Kier molecular flexibility index (Phi) is 7.45. The lowest BCUT2D eigenvalue weighted by atomic mass is 9.87. The van der Waals surface area contributed by atoms with Crippen molar-refractivity contribution in [1.29, 1.82) is 0 Å². The lowest BCUT2D eigenvalue weighted by Gasteiger charge is -2.17. The van der Waals surface area contributed by atoms with Gasteiger partial charge in [0.2, 0.25) is 5.78 Å². The van der Waals surface area contributed by atoms with Gasteiger partial charge >= 0.3 is 5.97 Å². The normalized spacial score (nSPS) is 11.4. The predicted molar refractivity (Wildman–Crippen MR) is 121 cm³/mol. The van der Waals surface area contributed by atoms with Crippen molar-refractivity contribution >= 4 is 40.5 Å². The largest absolute Gasteiger partial charge is 0.463 e. The molecule has 0 heterocycles. The summed E-state index contributed by atoms with van der Waals surface area (Å²) < 4.78 is 4.61. The van der Waals surface area contributed by atoms with Crippen LogP contribution in [0.5, 0.6) is 0 Å². The number of hydrogen-bond acceptors (Lipinski definition) is 3. The Balaban J connectivity index is 2.13. The van der Waals surface area contributed by atoms with Gasteiger partial charge in [0, 0.05) is 12.3 Å². The molecule has 0 fully saturated rings. The Labute approximate surface area is 185 Å². The van der Waals surface area contributed by atoms with Crippen molar-refractivity contribution in [3.8, 4) is 0 Å². The molecule has 1 unspecified atom stereocenters. The third-order valence-corrected chi connectivity index (χ3v) is 5.47. The number of halogens is 2. The number of hydrogen-bond donors (Lipinski definition) is 0. The number of carbonyl (C=O) groups is 2. The standard InChI is InChI=1S/C25H20Cl2O3/c1-30-25(29)24(28)16-20(19-12-13-22(26)23(27)15-19)14-21(17-8-4-2-5-9-17)18-10-6-3-7-11-18/h2-15,20H,16H2,1H3. The number of esters is 1. The minimum Gasteiger partial charge on any atom is -0.463 e. The van der Waals surface area contributed by atoms with Gasteiger partial charge in [-0.2, -0.15) is 0 Å². The van der Waals surface area contributed by atoms with Crippen molar-refractivity contribution in [2.45, 2.75) is 12.3 Å². The number of Topliss-reactive ketones (excluding diaryl/α,β-unsaturated/α-hetero) is 1. The van der Waals surface area contributed by atoms with Gasteiger partial charge in [0.05, 0.1) is 17.2 Å². The fraction of sp³-hybridized carbons (Fsp3) is 0.120. The summed E-state index contributed by atoms with van der Waals surface area (Å²) in [5.74, 6) is -1.87. The molecule has 3 rings (SSSR count). The second-order valence-corrected chi connectivity index (χ2v) is 7.53. The molecule has 0 N–H and O–H groups in total. The summed E-state index contributed by atoms with van der Waals surface area (Å²) in [7, 11) is 1.20. The third kappa shape index (κ3) is 5.38. The molecule has 30 heavy (non-hydrogen) atoms. The smallest absolute Gasteiger partial charge is 0.374 e. The number of carbonyl (C=O) groups excluding carboxylic acids is 2. The van der Waals surface area contributed by atoms with Gasteiger partial charge in [-0.05, 0) is 34.4 Å². The van der Waals surface area contributed by atoms with Crippen molar-refractivity contribution in [3.63, 3.8) is 0 Å². The van der Waals surface area contributed by atoms with E-state index in [0.717, 1.165) is 22.3 Å². The molecule has 0 radical (unpaired) electrons. The summed E-state index contributed by atoms with van der Waals surface area (Å²) >= 11 is 12.3. The molecule has 0 aromatic heterocycles. The van der Waals surface area contributed by atoms with E-state index in [1.54, 1.807) is 12.1 Å². The maximum Gasteiger partial charge on any atom is 0.374 e. The molecule has 3 aromatic rings. The monoisotopic (exact) mass is 438 g/mol. The first-order valence-electron chi connectivity index (χ1n) is 9.38. The summed E-state index contributed by atoms with van der Waals surface area (Å²) in [4.78, 5) is 24.2. The lowest BCUT2D eigenvalue weighted by molar-refractivity contribution is -0.151. The zero-order chi connectivity index (χ0) is 21.5. The van der Waals surface area contributed by atoms with Crippen LogP contribution in [-0.2, 0) is 14.3 Å². The predicted octanol–water partition coefficient (Wildman–Crippen LogP) is 6.34. The van der Waals surface area contributed by atoms with E-state index < -0.39 is 17.7 Å². The van der Waals surface area contributed by atoms with Crippen LogP contribution in [0.15, 0.2) is 84.9 Å². The minimum atomic E-state index is -0.866. The molecule has 1 atom stereocenters. The van der Waals surface area contributed by atoms with Crippen LogP contribution >= 0.6 is 23.2 Å². The summed E-state index contributed by atoms with van der Waals surface area (Å²) in [6.45, 7) is 0. The van der Waals surface area contributed by atoms with E-state index >= 15 is 0 Å². The second-order valence-electron chi connectivity index (χ2n) is 6.71. The lowest BCUT2D eigenvalue weighted by Crippen LogP contribution is -2.18. The van der Waals surface area contributed by atoms with Crippen LogP contribution in [0, 0.1) is 0 Å². The van der Waals surface area contributed by atoms with Crippen LogP contribution in [-0.4, -0.2) is 18.9 Å². The van der Waals surface area contributed by atoms with E-state index in [4.69, 9.17) is 23.2 Å². The van der Waals surface area contributed by atoms with E-state index in [9.17, 15) is 9.59 Å². The first-order chi connectivity index (χ1) is 14.5. The van der Waals surface area contributed by atoms with Gasteiger partial charge in [-0.1, -0.05) is 96.0 Å². The van der Waals surface area contributed by atoms with E-state index in [2.05, 4.69) is 4.74 Å². The topological polar surface area (TPSA) is 43.4 Å². The molecule has 0 saturated carbocycles. The SMILES string of the molecule is COC(=O)C(=O)CC(C=C(c1ccccc1)c1ccccc1)c1ccc(Cl)c(Cl)c1. The molecular formula is C25H20Cl2O3. The van der Waals surface area contributed by atoms with Gasteiger partial charge in [0.15, 0.2) is 0 Å². The Bertz CT molecular complexity index is 1020. The van der Waals surface area contributed by atoms with Crippen molar-refractivity contribution < 1.29 is 14.3 Å². The van der Waals surface area contributed by atoms with Crippen LogP contribution in [0.1, 0.15) is 29.0 Å². The van der Waals surface area contributed by atoms with Crippen LogP contribution < -0.4 is 0 Å². The van der Waals surface area contributed by atoms with Crippen LogP contribution in [0.3, 0.4) is 0 Å². The number of ether oxygens (including phenoxy) is 1. The summed E-state index contributed by atoms with van der Waals surface area (Å²) in [6.07, 6.45) is 1.94. The van der Waals surface area contributed by atoms with Gasteiger partial charge in [0.1, 0.15) is 0 Å². The Morgan fingerprint density at radius 2 is 1.43 bits per heavy atom. The number of rotatable bonds is 7. The average molecular weight is 439 g/mol. The van der Waals surface area contributed by atoms with E-state index in [1.165, 1.54) is 7.11 Å². The highest BCUT2D eigenvalue weighted by molar-refractivity contribution is 6.42. The first-order valence-corrected chi connectivity index (χ1v) is 10.1. The molecule has 5 heteroatoms. The summed E-state index contributed by atoms with van der Waals surface area (Å²) in [5.41, 5.74) is 3.73. The summed E-state index contributed by atoms with van der Waals surface area (Å²) in [5, 5.41) is 0.813. The van der Waals surface area contributed by atoms with Crippen molar-refractivity contribution in [2.24, 2.45) is 0 Å². The molecule has 0 saturated heterocycles.